The minimum absolute atomic E-state index is 0.00759. The summed E-state index contributed by atoms with van der Waals surface area (Å²) in [6, 6.07) is 11.1. The Balaban J connectivity index is 2.02. The molecule has 27 heavy (non-hydrogen) atoms. The van der Waals surface area contributed by atoms with Gasteiger partial charge >= 0.3 is 0 Å². The van der Waals surface area contributed by atoms with Crippen LogP contribution in [0.4, 0.5) is 0 Å². The lowest BCUT2D eigenvalue weighted by atomic mass is 10.2. The van der Waals surface area contributed by atoms with Crippen molar-refractivity contribution in [3.8, 4) is 11.8 Å². The van der Waals surface area contributed by atoms with Crippen molar-refractivity contribution in [3.05, 3.63) is 63.7 Å². The number of hydrogen-bond acceptors (Lipinski definition) is 5. The molecule has 0 bridgehead atoms. The number of aryl methyl sites for hydroxylation is 1. The molecule has 0 fully saturated rings. The minimum atomic E-state index is -0.228. The Morgan fingerprint density at radius 3 is 2.70 bits per heavy atom. The highest BCUT2D eigenvalue weighted by molar-refractivity contribution is 14.1. The molecule has 6 nitrogen and oxygen atoms in total. The van der Waals surface area contributed by atoms with Crippen LogP contribution in [0.2, 0.25) is 0 Å². The van der Waals surface area contributed by atoms with Crippen LogP contribution in [0, 0.1) is 25.4 Å². The molecule has 0 spiro atoms. The van der Waals surface area contributed by atoms with Gasteiger partial charge in [-0.15, -0.1) is 0 Å². The summed E-state index contributed by atoms with van der Waals surface area (Å²) < 4.78 is 9.26. The first-order valence-corrected chi connectivity index (χ1v) is 10.6. The van der Waals surface area contributed by atoms with Crippen molar-refractivity contribution >= 4 is 78.2 Å². The van der Waals surface area contributed by atoms with E-state index in [0.29, 0.717) is 22.5 Å². The van der Waals surface area contributed by atoms with Crippen molar-refractivity contribution in [1.29, 1.82) is 5.26 Å². The number of aromatic nitrogens is 2. The summed E-state index contributed by atoms with van der Waals surface area (Å²) in [5.41, 5.74) is 1.22. The van der Waals surface area contributed by atoms with Crippen molar-refractivity contribution in [3.63, 3.8) is 0 Å². The number of ether oxygens (including phenoxy) is 1. The van der Waals surface area contributed by atoms with Crippen LogP contribution in [0.25, 0.3) is 10.9 Å². The molecule has 3 rings (SSSR count). The van der Waals surface area contributed by atoms with Gasteiger partial charge in [-0.1, -0.05) is 15.9 Å². The summed E-state index contributed by atoms with van der Waals surface area (Å²) >= 11 is 7.67. The number of hydrogen-bond donors (Lipinski definition) is 0. The minimum Gasteiger partial charge on any atom is -0.477 e. The van der Waals surface area contributed by atoms with Gasteiger partial charge in [0, 0.05) is 4.47 Å². The van der Waals surface area contributed by atoms with Crippen LogP contribution >= 0.6 is 61.1 Å². The first-order chi connectivity index (χ1) is 12.9. The third-order valence-electron chi connectivity index (χ3n) is 3.59. The van der Waals surface area contributed by atoms with Gasteiger partial charge in [0.1, 0.15) is 17.6 Å². The van der Waals surface area contributed by atoms with Crippen LogP contribution in [-0.2, 0) is 0 Å². The van der Waals surface area contributed by atoms with Gasteiger partial charge < -0.3 is 4.74 Å². The zero-order chi connectivity index (χ0) is 19.6. The molecule has 0 radical (unpaired) electrons. The molecular weight excluding hydrogens is 638 g/mol. The van der Waals surface area contributed by atoms with Gasteiger partial charge in [-0.05, 0) is 88.0 Å². The van der Waals surface area contributed by atoms with Crippen molar-refractivity contribution in [2.75, 3.05) is 6.61 Å². The maximum atomic E-state index is 12.8. The van der Waals surface area contributed by atoms with E-state index < -0.39 is 0 Å². The molecule has 0 atom stereocenters. The van der Waals surface area contributed by atoms with Crippen LogP contribution in [0.15, 0.2) is 44.7 Å². The molecule has 136 valence electrons. The van der Waals surface area contributed by atoms with E-state index in [1.54, 1.807) is 25.3 Å². The monoisotopic (exact) mass is 648 g/mol. The lowest BCUT2D eigenvalue weighted by Gasteiger charge is -2.09. The Hall–Kier alpha value is -1.52. The van der Waals surface area contributed by atoms with Crippen molar-refractivity contribution in [2.24, 2.45) is 5.10 Å². The molecular formula is C18H11BrI2N4O2. The fourth-order valence-electron chi connectivity index (χ4n) is 2.42. The highest BCUT2D eigenvalue weighted by atomic mass is 127. The molecule has 3 aromatic rings. The first kappa shape index (κ1) is 20.2. The first-order valence-electron chi connectivity index (χ1n) is 7.63. The Labute approximate surface area is 190 Å². The van der Waals surface area contributed by atoms with E-state index in [4.69, 9.17) is 10.00 Å². The van der Waals surface area contributed by atoms with Gasteiger partial charge in [0.25, 0.3) is 5.56 Å². The van der Waals surface area contributed by atoms with Gasteiger partial charge in [0.05, 0.1) is 24.3 Å². The summed E-state index contributed by atoms with van der Waals surface area (Å²) in [5.74, 6) is 1.17. The molecule has 0 aliphatic rings. The topological polar surface area (TPSA) is 80.3 Å². The Kier molecular flexibility index (Phi) is 6.48. The number of halogens is 3. The molecule has 9 heteroatoms. The molecule has 2 aromatic carbocycles. The van der Waals surface area contributed by atoms with Crippen LogP contribution < -0.4 is 10.3 Å². The van der Waals surface area contributed by atoms with Gasteiger partial charge in [-0.25, -0.2) is 4.98 Å². The molecule has 0 amide bonds. The SMILES string of the molecule is Cc1nc2ccc(Br)cc2c(=O)n1N=Cc1cc(I)c(OCC#N)c(I)c1. The van der Waals surface area contributed by atoms with Crippen LogP contribution in [0.1, 0.15) is 11.4 Å². The molecule has 0 aliphatic heterocycles. The fraction of sp³-hybridized carbons (Fsp3) is 0.111. The maximum absolute atomic E-state index is 12.8. The van der Waals surface area contributed by atoms with E-state index in [2.05, 4.69) is 71.2 Å². The van der Waals surface area contributed by atoms with Crippen LogP contribution in [0.3, 0.4) is 0 Å². The van der Waals surface area contributed by atoms with E-state index >= 15 is 0 Å². The van der Waals surface area contributed by atoms with E-state index in [-0.39, 0.29) is 12.2 Å². The average molecular weight is 649 g/mol. The van der Waals surface area contributed by atoms with Crippen molar-refractivity contribution in [2.45, 2.75) is 6.92 Å². The van der Waals surface area contributed by atoms with E-state index in [0.717, 1.165) is 17.2 Å². The predicted octanol–water partition coefficient (Wildman–Crippen LogP) is 4.46. The van der Waals surface area contributed by atoms with Gasteiger partial charge in [-0.2, -0.15) is 15.0 Å². The van der Waals surface area contributed by atoms with Crippen molar-refractivity contribution < 1.29 is 4.74 Å². The van der Waals surface area contributed by atoms with E-state index in [1.165, 1.54) is 4.68 Å². The normalized spacial score (nSPS) is 11.1. The average Bonchev–Trinajstić information content (AvgIpc) is 2.62. The third-order valence-corrected chi connectivity index (χ3v) is 5.69. The number of nitriles is 1. The smallest absolute Gasteiger partial charge is 0.282 e. The largest absolute Gasteiger partial charge is 0.477 e. The highest BCUT2D eigenvalue weighted by Crippen LogP contribution is 2.28. The van der Waals surface area contributed by atoms with E-state index in [1.807, 2.05) is 24.3 Å². The molecule has 0 saturated heterocycles. The zero-order valence-corrected chi connectivity index (χ0v) is 19.8. The molecule has 0 saturated carbocycles. The molecule has 0 N–H and O–H groups in total. The second kappa shape index (κ2) is 8.66. The summed E-state index contributed by atoms with van der Waals surface area (Å²) in [4.78, 5) is 17.2. The van der Waals surface area contributed by atoms with Crippen LogP contribution in [0.5, 0.6) is 5.75 Å². The van der Waals surface area contributed by atoms with Gasteiger partial charge in [0.2, 0.25) is 0 Å². The maximum Gasteiger partial charge on any atom is 0.282 e. The fourth-order valence-corrected chi connectivity index (χ4v) is 4.91. The number of nitrogens with zero attached hydrogens (tertiary/aromatic N) is 4. The van der Waals surface area contributed by atoms with Gasteiger partial charge in [-0.3, -0.25) is 4.79 Å². The molecule has 1 heterocycles. The summed E-state index contributed by atoms with van der Waals surface area (Å²) in [6.45, 7) is 1.74. The molecule has 0 aliphatic carbocycles. The highest BCUT2D eigenvalue weighted by Gasteiger charge is 2.10. The van der Waals surface area contributed by atoms with E-state index in [9.17, 15) is 4.79 Å². The second-order valence-electron chi connectivity index (χ2n) is 5.44. The standard InChI is InChI=1S/C18H11BrI2N4O2/c1-10-24-16-3-2-12(19)8-13(16)18(26)25(10)23-9-11-6-14(20)17(15(21)7-11)27-5-4-22/h2-3,6-9H,5H2,1H3. The van der Waals surface area contributed by atoms with Crippen molar-refractivity contribution in [1.82, 2.24) is 9.66 Å². The summed E-state index contributed by atoms with van der Waals surface area (Å²) in [6.07, 6.45) is 1.61. The summed E-state index contributed by atoms with van der Waals surface area (Å²) in [7, 11) is 0. The lowest BCUT2D eigenvalue weighted by molar-refractivity contribution is 0.363. The number of benzene rings is 2. The lowest BCUT2D eigenvalue weighted by Crippen LogP contribution is -2.20. The Morgan fingerprint density at radius 2 is 2.04 bits per heavy atom. The molecule has 1 aromatic heterocycles. The zero-order valence-electron chi connectivity index (χ0n) is 13.9. The molecule has 0 unspecified atom stereocenters. The quantitative estimate of drug-likeness (QED) is 0.309. The third kappa shape index (κ3) is 4.49. The number of fused-ring (bicyclic) bond motifs is 1. The Bertz CT molecular complexity index is 1150. The van der Waals surface area contributed by atoms with Gasteiger partial charge in [0.15, 0.2) is 6.61 Å². The predicted molar refractivity (Wildman–Crippen MR) is 124 cm³/mol. The van der Waals surface area contributed by atoms with Crippen LogP contribution in [-0.4, -0.2) is 22.5 Å². The second-order valence-corrected chi connectivity index (χ2v) is 8.68. The summed E-state index contributed by atoms with van der Waals surface area (Å²) in [5, 5.41) is 13.5. The number of rotatable bonds is 4. The Morgan fingerprint density at radius 1 is 1.33 bits per heavy atom.